The monoisotopic (exact) mass is 283 g/mol. The summed E-state index contributed by atoms with van der Waals surface area (Å²) in [5, 5.41) is 5.16. The van der Waals surface area contributed by atoms with Gasteiger partial charge in [0, 0.05) is 17.1 Å². The molecule has 0 spiro atoms. The topological polar surface area (TPSA) is 43.8 Å². The standard InChI is InChI=1S/C16H14ClN3/c17-13-6-4-5-12(9-13)15-11-19-20(16(15)10-18)14-7-2-1-3-8-14/h1-9,11H,10,18H2. The van der Waals surface area contributed by atoms with Crippen LogP contribution >= 0.6 is 11.6 Å². The first-order valence-electron chi connectivity index (χ1n) is 6.38. The van der Waals surface area contributed by atoms with Crippen LogP contribution in [0.15, 0.2) is 60.8 Å². The largest absolute Gasteiger partial charge is 0.325 e. The Kier molecular flexibility index (Phi) is 3.54. The molecule has 2 aromatic carbocycles. The number of hydrogen-bond donors (Lipinski definition) is 1. The molecule has 20 heavy (non-hydrogen) atoms. The third-order valence-corrected chi connectivity index (χ3v) is 3.43. The summed E-state index contributed by atoms with van der Waals surface area (Å²) in [5.41, 5.74) is 9.93. The Labute approximate surface area is 122 Å². The van der Waals surface area contributed by atoms with Crippen LogP contribution in [0.2, 0.25) is 5.02 Å². The average molecular weight is 284 g/mol. The number of halogens is 1. The molecule has 0 fully saturated rings. The Hall–Kier alpha value is -2.10. The second kappa shape index (κ2) is 5.49. The molecule has 0 amide bonds. The van der Waals surface area contributed by atoms with Crippen molar-refractivity contribution in [2.75, 3.05) is 0 Å². The molecule has 3 aromatic rings. The smallest absolute Gasteiger partial charge is 0.0656 e. The van der Waals surface area contributed by atoms with E-state index < -0.39 is 0 Å². The summed E-state index contributed by atoms with van der Waals surface area (Å²) in [4.78, 5) is 0. The lowest BCUT2D eigenvalue weighted by atomic mass is 10.1. The third-order valence-electron chi connectivity index (χ3n) is 3.20. The molecule has 0 aliphatic carbocycles. The van der Waals surface area contributed by atoms with Gasteiger partial charge < -0.3 is 5.73 Å². The van der Waals surface area contributed by atoms with Gasteiger partial charge in [-0.1, -0.05) is 41.9 Å². The average Bonchev–Trinajstić information content (AvgIpc) is 2.92. The fourth-order valence-corrected chi connectivity index (χ4v) is 2.45. The molecular weight excluding hydrogens is 270 g/mol. The first kappa shape index (κ1) is 12.9. The first-order chi connectivity index (χ1) is 9.79. The third kappa shape index (κ3) is 2.33. The number of aromatic nitrogens is 2. The fourth-order valence-electron chi connectivity index (χ4n) is 2.26. The predicted molar refractivity (Wildman–Crippen MR) is 81.9 cm³/mol. The number of nitrogens with two attached hydrogens (primary N) is 1. The van der Waals surface area contributed by atoms with Crippen LogP contribution in [0.1, 0.15) is 5.69 Å². The Morgan fingerprint density at radius 3 is 2.55 bits per heavy atom. The van der Waals surface area contributed by atoms with Gasteiger partial charge in [0.2, 0.25) is 0 Å². The summed E-state index contributed by atoms with van der Waals surface area (Å²) in [6, 6.07) is 17.7. The molecule has 0 saturated heterocycles. The van der Waals surface area contributed by atoms with Crippen molar-refractivity contribution in [1.82, 2.24) is 9.78 Å². The zero-order chi connectivity index (χ0) is 13.9. The Morgan fingerprint density at radius 2 is 1.85 bits per heavy atom. The van der Waals surface area contributed by atoms with E-state index in [9.17, 15) is 0 Å². The van der Waals surface area contributed by atoms with Gasteiger partial charge in [0.25, 0.3) is 0 Å². The zero-order valence-corrected chi connectivity index (χ0v) is 11.6. The van der Waals surface area contributed by atoms with Gasteiger partial charge in [-0.15, -0.1) is 0 Å². The Bertz CT molecular complexity index is 720. The number of nitrogens with zero attached hydrogens (tertiary/aromatic N) is 2. The molecular formula is C16H14ClN3. The van der Waals surface area contributed by atoms with Gasteiger partial charge in [-0.3, -0.25) is 0 Å². The number of hydrogen-bond acceptors (Lipinski definition) is 2. The SMILES string of the molecule is NCc1c(-c2cccc(Cl)c2)cnn1-c1ccccc1. The molecule has 0 bridgehead atoms. The van der Waals surface area contributed by atoms with Crippen LogP contribution in [0, 0.1) is 0 Å². The van der Waals surface area contributed by atoms with Crippen molar-refractivity contribution in [2.24, 2.45) is 5.73 Å². The van der Waals surface area contributed by atoms with E-state index in [4.69, 9.17) is 17.3 Å². The van der Waals surface area contributed by atoms with Gasteiger partial charge in [0.1, 0.15) is 0 Å². The van der Waals surface area contributed by atoms with Crippen molar-refractivity contribution in [3.05, 3.63) is 71.5 Å². The molecule has 0 atom stereocenters. The summed E-state index contributed by atoms with van der Waals surface area (Å²) < 4.78 is 1.87. The van der Waals surface area contributed by atoms with E-state index in [-0.39, 0.29) is 0 Å². The van der Waals surface area contributed by atoms with Crippen molar-refractivity contribution in [3.8, 4) is 16.8 Å². The number of rotatable bonds is 3. The van der Waals surface area contributed by atoms with E-state index in [1.165, 1.54) is 0 Å². The molecule has 1 heterocycles. The highest BCUT2D eigenvalue weighted by atomic mass is 35.5. The second-order valence-electron chi connectivity index (χ2n) is 4.47. The van der Waals surface area contributed by atoms with Gasteiger partial charge in [-0.05, 0) is 29.8 Å². The Balaban J connectivity index is 2.13. The maximum atomic E-state index is 6.06. The summed E-state index contributed by atoms with van der Waals surface area (Å²) in [6.45, 7) is 0.413. The highest BCUT2D eigenvalue weighted by molar-refractivity contribution is 6.30. The van der Waals surface area contributed by atoms with Gasteiger partial charge in [0.05, 0.1) is 17.6 Å². The lowest BCUT2D eigenvalue weighted by Crippen LogP contribution is -2.07. The minimum absolute atomic E-state index is 0.413. The molecule has 0 aliphatic heterocycles. The second-order valence-corrected chi connectivity index (χ2v) is 4.90. The summed E-state index contributed by atoms with van der Waals surface area (Å²) in [5.74, 6) is 0. The van der Waals surface area contributed by atoms with E-state index in [0.717, 1.165) is 22.5 Å². The molecule has 0 saturated carbocycles. The minimum atomic E-state index is 0.413. The predicted octanol–water partition coefficient (Wildman–Crippen LogP) is 3.65. The van der Waals surface area contributed by atoms with Crippen molar-refractivity contribution in [2.45, 2.75) is 6.54 Å². The molecule has 1 aromatic heterocycles. The van der Waals surface area contributed by atoms with E-state index in [1.807, 2.05) is 65.5 Å². The highest BCUT2D eigenvalue weighted by Crippen LogP contribution is 2.27. The van der Waals surface area contributed by atoms with Crippen molar-refractivity contribution in [1.29, 1.82) is 0 Å². The van der Waals surface area contributed by atoms with E-state index in [2.05, 4.69) is 5.10 Å². The van der Waals surface area contributed by atoms with Gasteiger partial charge in [-0.25, -0.2) is 4.68 Å². The van der Waals surface area contributed by atoms with Crippen LogP contribution in [0.3, 0.4) is 0 Å². The quantitative estimate of drug-likeness (QED) is 0.797. The maximum Gasteiger partial charge on any atom is 0.0656 e. The van der Waals surface area contributed by atoms with Crippen molar-refractivity contribution >= 4 is 11.6 Å². The highest BCUT2D eigenvalue weighted by Gasteiger charge is 2.12. The lowest BCUT2D eigenvalue weighted by Gasteiger charge is -2.08. The zero-order valence-electron chi connectivity index (χ0n) is 10.8. The van der Waals surface area contributed by atoms with E-state index >= 15 is 0 Å². The molecule has 0 unspecified atom stereocenters. The summed E-state index contributed by atoms with van der Waals surface area (Å²) >= 11 is 6.06. The van der Waals surface area contributed by atoms with Crippen molar-refractivity contribution < 1.29 is 0 Å². The van der Waals surface area contributed by atoms with Crippen LogP contribution < -0.4 is 5.73 Å². The van der Waals surface area contributed by atoms with E-state index in [1.54, 1.807) is 0 Å². The minimum Gasteiger partial charge on any atom is -0.325 e. The molecule has 0 aliphatic rings. The van der Waals surface area contributed by atoms with Crippen molar-refractivity contribution in [3.63, 3.8) is 0 Å². The van der Waals surface area contributed by atoms with Crippen LogP contribution in [0.4, 0.5) is 0 Å². The van der Waals surface area contributed by atoms with E-state index in [0.29, 0.717) is 11.6 Å². The first-order valence-corrected chi connectivity index (χ1v) is 6.75. The van der Waals surface area contributed by atoms with Crippen LogP contribution in [0.25, 0.3) is 16.8 Å². The fraction of sp³-hybridized carbons (Fsp3) is 0.0625. The molecule has 0 radical (unpaired) electrons. The van der Waals surface area contributed by atoms with Gasteiger partial charge >= 0.3 is 0 Å². The van der Waals surface area contributed by atoms with Crippen LogP contribution in [-0.2, 0) is 6.54 Å². The van der Waals surface area contributed by atoms with Gasteiger partial charge in [-0.2, -0.15) is 5.10 Å². The van der Waals surface area contributed by atoms with Crippen LogP contribution in [-0.4, -0.2) is 9.78 Å². The molecule has 4 heteroatoms. The molecule has 3 rings (SSSR count). The normalized spacial score (nSPS) is 10.7. The van der Waals surface area contributed by atoms with Gasteiger partial charge in [0.15, 0.2) is 0 Å². The Morgan fingerprint density at radius 1 is 1.05 bits per heavy atom. The lowest BCUT2D eigenvalue weighted by molar-refractivity contribution is 0.804. The summed E-state index contributed by atoms with van der Waals surface area (Å²) in [7, 11) is 0. The maximum absolute atomic E-state index is 6.06. The number of para-hydroxylation sites is 1. The molecule has 100 valence electrons. The number of benzene rings is 2. The summed E-state index contributed by atoms with van der Waals surface area (Å²) in [6.07, 6.45) is 1.83. The molecule has 2 N–H and O–H groups in total. The van der Waals surface area contributed by atoms with Crippen LogP contribution in [0.5, 0.6) is 0 Å². The molecule has 3 nitrogen and oxygen atoms in total.